The van der Waals surface area contributed by atoms with E-state index in [0.29, 0.717) is 6.42 Å². The fourth-order valence-electron chi connectivity index (χ4n) is 1.99. The van der Waals surface area contributed by atoms with Gasteiger partial charge in [-0.15, -0.1) is 11.3 Å². The van der Waals surface area contributed by atoms with Crippen LogP contribution in [0.25, 0.3) is 0 Å². The minimum absolute atomic E-state index is 0.0928. The van der Waals surface area contributed by atoms with Crippen molar-refractivity contribution in [2.45, 2.75) is 38.4 Å². The minimum atomic E-state index is -0.716. The molecule has 0 radical (unpaired) electrons. The fraction of sp³-hybridized carbons (Fsp3) is 0.636. The van der Waals surface area contributed by atoms with Crippen molar-refractivity contribution in [1.82, 2.24) is 5.32 Å². The first-order valence-electron chi connectivity index (χ1n) is 5.17. The Labute approximate surface area is 88.3 Å². The maximum atomic E-state index is 13.7. The summed E-state index contributed by atoms with van der Waals surface area (Å²) in [7, 11) is 0. The van der Waals surface area contributed by atoms with Crippen molar-refractivity contribution >= 4 is 11.3 Å². The van der Waals surface area contributed by atoms with Gasteiger partial charge in [0.25, 0.3) is 0 Å². The van der Waals surface area contributed by atoms with Crippen molar-refractivity contribution < 1.29 is 4.39 Å². The molecule has 1 nitrogen and oxygen atoms in total. The number of alkyl halides is 1. The molecule has 0 bridgehead atoms. The van der Waals surface area contributed by atoms with Crippen LogP contribution >= 0.6 is 11.3 Å². The third-order valence-corrected chi connectivity index (χ3v) is 3.66. The molecule has 1 aromatic heterocycles. The summed E-state index contributed by atoms with van der Waals surface area (Å²) in [6, 6.07) is 2.18. The van der Waals surface area contributed by atoms with Gasteiger partial charge >= 0.3 is 0 Å². The van der Waals surface area contributed by atoms with Crippen LogP contribution in [0.5, 0.6) is 0 Å². The largest absolute Gasteiger partial charge is 0.311 e. The van der Waals surface area contributed by atoms with E-state index in [1.807, 2.05) is 0 Å². The summed E-state index contributed by atoms with van der Waals surface area (Å²) in [6.45, 7) is 3.04. The Morgan fingerprint density at radius 3 is 3.14 bits per heavy atom. The molecule has 1 aromatic rings. The first kappa shape index (κ1) is 10.1. The number of halogens is 1. The number of aryl methyl sites for hydroxylation is 1. The minimum Gasteiger partial charge on any atom is -0.311 e. The van der Waals surface area contributed by atoms with Crippen molar-refractivity contribution in [1.29, 1.82) is 0 Å². The highest BCUT2D eigenvalue weighted by Crippen LogP contribution is 2.20. The maximum absolute atomic E-state index is 13.7. The molecule has 2 unspecified atom stereocenters. The van der Waals surface area contributed by atoms with E-state index in [-0.39, 0.29) is 6.04 Å². The molecule has 0 aliphatic carbocycles. The topological polar surface area (TPSA) is 12.0 Å². The van der Waals surface area contributed by atoms with E-state index in [9.17, 15) is 4.39 Å². The number of hydrogen-bond acceptors (Lipinski definition) is 2. The van der Waals surface area contributed by atoms with Crippen LogP contribution in [0.1, 0.15) is 23.3 Å². The molecule has 1 aliphatic rings. The van der Waals surface area contributed by atoms with Crippen molar-refractivity contribution in [3.8, 4) is 0 Å². The molecule has 14 heavy (non-hydrogen) atoms. The molecule has 0 saturated carbocycles. The fourth-order valence-corrected chi connectivity index (χ4v) is 2.71. The van der Waals surface area contributed by atoms with Gasteiger partial charge in [-0.2, -0.15) is 0 Å². The zero-order valence-electron chi connectivity index (χ0n) is 8.42. The number of nitrogens with one attached hydrogen (secondary N) is 1. The Balaban J connectivity index is 1.90. The Morgan fingerprint density at radius 1 is 1.71 bits per heavy atom. The van der Waals surface area contributed by atoms with E-state index >= 15 is 0 Å². The van der Waals surface area contributed by atoms with Crippen LogP contribution in [0.3, 0.4) is 0 Å². The Hall–Kier alpha value is -0.410. The smallest absolute Gasteiger partial charge is 0.119 e. The zero-order chi connectivity index (χ0) is 9.97. The summed E-state index contributed by atoms with van der Waals surface area (Å²) in [4.78, 5) is 1.27. The molecule has 78 valence electrons. The lowest BCUT2D eigenvalue weighted by molar-refractivity contribution is 0.264. The highest BCUT2D eigenvalue weighted by Gasteiger charge is 2.24. The van der Waals surface area contributed by atoms with E-state index in [0.717, 1.165) is 24.9 Å². The number of thiophene rings is 1. The van der Waals surface area contributed by atoms with E-state index in [1.165, 1.54) is 4.88 Å². The van der Waals surface area contributed by atoms with Gasteiger partial charge in [0.05, 0.1) is 0 Å². The van der Waals surface area contributed by atoms with Crippen LogP contribution in [0, 0.1) is 6.92 Å². The molecule has 0 amide bonds. The Morgan fingerprint density at radius 2 is 2.57 bits per heavy atom. The van der Waals surface area contributed by atoms with E-state index in [4.69, 9.17) is 0 Å². The second-order valence-electron chi connectivity index (χ2n) is 3.99. The van der Waals surface area contributed by atoms with Gasteiger partial charge in [0.1, 0.15) is 6.17 Å². The summed E-state index contributed by atoms with van der Waals surface area (Å²) < 4.78 is 13.7. The molecular formula is C11H16FNS. The van der Waals surface area contributed by atoms with Gasteiger partial charge in [0.2, 0.25) is 0 Å². The molecule has 2 rings (SSSR count). The molecule has 0 aromatic carbocycles. The van der Waals surface area contributed by atoms with Gasteiger partial charge in [-0.3, -0.25) is 0 Å². The van der Waals surface area contributed by atoms with Gasteiger partial charge in [-0.25, -0.2) is 4.39 Å². The molecule has 3 heteroatoms. The average molecular weight is 213 g/mol. The summed E-state index contributed by atoms with van der Waals surface area (Å²) in [5.41, 5.74) is 1.15. The van der Waals surface area contributed by atoms with Gasteiger partial charge < -0.3 is 5.32 Å². The summed E-state index contributed by atoms with van der Waals surface area (Å²) in [5.74, 6) is 0. The lowest BCUT2D eigenvalue weighted by atomic mass is 10.0. The molecule has 2 atom stereocenters. The summed E-state index contributed by atoms with van der Waals surface area (Å²) >= 11 is 1.70. The van der Waals surface area contributed by atoms with E-state index < -0.39 is 6.17 Å². The van der Waals surface area contributed by atoms with Crippen LogP contribution in [-0.4, -0.2) is 18.8 Å². The highest BCUT2D eigenvalue weighted by atomic mass is 32.1. The molecule has 1 fully saturated rings. The van der Waals surface area contributed by atoms with Crippen LogP contribution in [0.4, 0.5) is 4.39 Å². The third-order valence-electron chi connectivity index (χ3n) is 2.75. The molecule has 1 aliphatic heterocycles. The first-order valence-corrected chi connectivity index (χ1v) is 6.05. The summed E-state index contributed by atoms with van der Waals surface area (Å²) in [6.07, 6.45) is 1.96. The van der Waals surface area contributed by atoms with Crippen LogP contribution in [-0.2, 0) is 6.42 Å². The van der Waals surface area contributed by atoms with E-state index in [1.54, 1.807) is 11.3 Å². The van der Waals surface area contributed by atoms with Crippen LogP contribution < -0.4 is 5.32 Å². The molecule has 0 spiro atoms. The van der Waals surface area contributed by atoms with Gasteiger partial charge in [-0.1, -0.05) is 0 Å². The van der Waals surface area contributed by atoms with Gasteiger partial charge in [0, 0.05) is 17.3 Å². The quantitative estimate of drug-likeness (QED) is 0.814. The molecule has 1 N–H and O–H groups in total. The second-order valence-corrected chi connectivity index (χ2v) is 5.10. The predicted molar refractivity (Wildman–Crippen MR) is 58.7 cm³/mol. The first-order chi connectivity index (χ1) is 6.75. The lowest BCUT2D eigenvalue weighted by Gasteiger charge is -2.14. The third kappa shape index (κ3) is 2.34. The van der Waals surface area contributed by atoms with Crippen molar-refractivity contribution in [2.75, 3.05) is 6.54 Å². The summed E-state index contributed by atoms with van der Waals surface area (Å²) in [5, 5.41) is 5.28. The van der Waals surface area contributed by atoms with Crippen LogP contribution in [0.2, 0.25) is 0 Å². The monoisotopic (exact) mass is 213 g/mol. The Bertz CT molecular complexity index is 291. The van der Waals surface area contributed by atoms with Gasteiger partial charge in [0.15, 0.2) is 0 Å². The maximum Gasteiger partial charge on any atom is 0.119 e. The normalized spacial score (nSPS) is 24.0. The van der Waals surface area contributed by atoms with Crippen LogP contribution in [0.15, 0.2) is 11.4 Å². The van der Waals surface area contributed by atoms with Crippen molar-refractivity contribution in [3.05, 3.63) is 21.9 Å². The SMILES string of the molecule is Cc1cc(CC(F)C2CCCN2)cs1. The predicted octanol–water partition coefficient (Wildman–Crippen LogP) is 2.69. The lowest BCUT2D eigenvalue weighted by Crippen LogP contribution is -2.33. The molecule has 1 saturated heterocycles. The van der Waals surface area contributed by atoms with Crippen molar-refractivity contribution in [3.63, 3.8) is 0 Å². The standard InChI is InChI=1S/C11H16FNS/c1-8-5-9(7-14-8)6-10(12)11-3-2-4-13-11/h5,7,10-11,13H,2-4,6H2,1H3. The average Bonchev–Trinajstić information content (AvgIpc) is 2.75. The van der Waals surface area contributed by atoms with Gasteiger partial charge in [-0.05, 0) is 43.3 Å². The second kappa shape index (κ2) is 4.41. The number of hydrogen-bond donors (Lipinski definition) is 1. The molecular weight excluding hydrogens is 197 g/mol. The Kier molecular flexibility index (Phi) is 3.19. The zero-order valence-corrected chi connectivity index (χ0v) is 9.24. The number of rotatable bonds is 3. The van der Waals surface area contributed by atoms with E-state index in [2.05, 4.69) is 23.7 Å². The highest BCUT2D eigenvalue weighted by molar-refractivity contribution is 7.10. The van der Waals surface area contributed by atoms with Crippen molar-refractivity contribution in [2.24, 2.45) is 0 Å². The molecule has 2 heterocycles.